The second-order valence-corrected chi connectivity index (χ2v) is 8.17. The average molecular weight is 462 g/mol. The minimum atomic E-state index is -4.16. The molecule has 11 nitrogen and oxygen atoms in total. The van der Waals surface area contributed by atoms with Crippen LogP contribution in [0.1, 0.15) is 29.8 Å². The van der Waals surface area contributed by atoms with E-state index in [1.165, 1.54) is 53.6 Å². The highest BCUT2D eigenvalue weighted by atomic mass is 32.2. The Kier molecular flexibility index (Phi) is 8.55. The van der Waals surface area contributed by atoms with Gasteiger partial charge in [-0.25, -0.2) is 18.6 Å². The summed E-state index contributed by atoms with van der Waals surface area (Å²) in [6, 6.07) is 11.1. The van der Waals surface area contributed by atoms with Gasteiger partial charge in [-0.3, -0.25) is 19.7 Å². The van der Waals surface area contributed by atoms with E-state index < -0.39 is 27.4 Å². The normalized spacial score (nSPS) is 11.3. The Labute approximate surface area is 185 Å². The first-order valence-electron chi connectivity index (χ1n) is 9.64. The van der Waals surface area contributed by atoms with Crippen molar-refractivity contribution in [3.05, 3.63) is 69.8 Å². The number of sulfonamides is 1. The Balaban J connectivity index is 2.14. The van der Waals surface area contributed by atoms with Crippen LogP contribution in [0.25, 0.3) is 0 Å². The van der Waals surface area contributed by atoms with Crippen LogP contribution in [0.2, 0.25) is 0 Å². The monoisotopic (exact) mass is 461 g/mol. The average Bonchev–Trinajstić information content (AvgIpc) is 2.78. The number of non-ortho nitro benzene ring substituents is 1. The largest absolute Gasteiger partial charge is 0.342 e. The molecule has 0 bridgehead atoms. The number of rotatable bonds is 10. The molecule has 2 aromatic rings. The van der Waals surface area contributed by atoms with Gasteiger partial charge in [-0.05, 0) is 26.0 Å². The van der Waals surface area contributed by atoms with Crippen molar-refractivity contribution in [2.75, 3.05) is 19.6 Å². The molecule has 0 aromatic heterocycles. The number of carbonyl (C=O) groups excluding carboxylic acids is 2. The van der Waals surface area contributed by atoms with Gasteiger partial charge in [-0.15, -0.1) is 0 Å². The number of nitrogens with one attached hydrogen (secondary N) is 2. The Morgan fingerprint density at radius 1 is 1.12 bits per heavy atom. The van der Waals surface area contributed by atoms with E-state index >= 15 is 0 Å². The predicted octanol–water partition coefficient (Wildman–Crippen LogP) is 1.51. The number of hydrazone groups is 1. The fraction of sp³-hybridized carbons (Fsp3) is 0.250. The van der Waals surface area contributed by atoms with Crippen molar-refractivity contribution >= 4 is 33.7 Å². The van der Waals surface area contributed by atoms with Gasteiger partial charge in [0.2, 0.25) is 15.9 Å². The van der Waals surface area contributed by atoms with Crippen molar-refractivity contribution in [2.45, 2.75) is 18.7 Å². The molecule has 12 heteroatoms. The number of nitro groups is 1. The summed E-state index contributed by atoms with van der Waals surface area (Å²) in [6.45, 7) is 4.01. The molecule has 2 rings (SSSR count). The molecule has 0 fully saturated rings. The summed E-state index contributed by atoms with van der Waals surface area (Å²) in [7, 11) is -4.16. The molecule has 170 valence electrons. The summed E-state index contributed by atoms with van der Waals surface area (Å²) < 4.78 is 27.6. The van der Waals surface area contributed by atoms with E-state index in [-0.39, 0.29) is 22.1 Å². The van der Waals surface area contributed by atoms with Crippen molar-refractivity contribution in [3.8, 4) is 0 Å². The first-order valence-corrected chi connectivity index (χ1v) is 11.1. The lowest BCUT2D eigenvalue weighted by atomic mass is 10.2. The molecule has 0 atom stereocenters. The van der Waals surface area contributed by atoms with Crippen molar-refractivity contribution in [1.82, 2.24) is 15.0 Å². The van der Waals surface area contributed by atoms with Gasteiger partial charge in [0.05, 0.1) is 28.1 Å². The third-order valence-electron chi connectivity index (χ3n) is 4.41. The summed E-state index contributed by atoms with van der Waals surface area (Å²) in [5, 5.41) is 14.6. The minimum Gasteiger partial charge on any atom is -0.342 e. The molecule has 0 heterocycles. The zero-order valence-electron chi connectivity index (χ0n) is 17.5. The summed E-state index contributed by atoms with van der Waals surface area (Å²) in [6.07, 6.45) is 1.20. The molecule has 0 radical (unpaired) electrons. The van der Waals surface area contributed by atoms with Crippen LogP contribution in [0.3, 0.4) is 0 Å². The molecule has 0 saturated heterocycles. The highest BCUT2D eigenvalue weighted by Gasteiger charge is 2.23. The van der Waals surface area contributed by atoms with E-state index in [4.69, 9.17) is 0 Å². The molecule has 0 unspecified atom stereocenters. The van der Waals surface area contributed by atoms with Crippen molar-refractivity contribution in [2.24, 2.45) is 5.10 Å². The predicted molar refractivity (Wildman–Crippen MR) is 118 cm³/mol. The summed E-state index contributed by atoms with van der Waals surface area (Å²) in [5.74, 6) is -1.19. The van der Waals surface area contributed by atoms with Gasteiger partial charge >= 0.3 is 0 Å². The molecule has 0 aliphatic carbocycles. The van der Waals surface area contributed by atoms with E-state index in [0.29, 0.717) is 18.7 Å². The second-order valence-electron chi connectivity index (χ2n) is 6.44. The van der Waals surface area contributed by atoms with E-state index in [9.17, 15) is 28.1 Å². The van der Waals surface area contributed by atoms with E-state index in [2.05, 4.69) is 15.2 Å². The van der Waals surface area contributed by atoms with Crippen LogP contribution < -0.4 is 10.1 Å². The van der Waals surface area contributed by atoms with E-state index in [1.54, 1.807) is 19.9 Å². The van der Waals surface area contributed by atoms with Crippen molar-refractivity contribution in [3.63, 3.8) is 0 Å². The topological polar surface area (TPSA) is 151 Å². The third-order valence-corrected chi connectivity index (χ3v) is 5.87. The molecule has 0 saturated carbocycles. The number of nitrogens with zero attached hydrogens (tertiary/aromatic N) is 3. The highest BCUT2D eigenvalue weighted by molar-refractivity contribution is 7.89. The number of benzene rings is 2. The summed E-state index contributed by atoms with van der Waals surface area (Å²) in [5.41, 5.74) is 2.26. The number of hydrogen-bond donors (Lipinski definition) is 2. The standard InChI is InChI=1S/C20H23N5O6S/c1-3-24(4-2)19(26)14-22-32(30,31)18-11-6-5-10-17(18)20(27)23-21-13-15-8-7-9-16(12-15)25(28)29/h5-13,22H,3-4,14H2,1-2H3,(H,23,27)/b21-13+. The third kappa shape index (κ3) is 6.43. The summed E-state index contributed by atoms with van der Waals surface area (Å²) in [4.78, 5) is 36.0. The second kappa shape index (κ2) is 11.1. The molecule has 2 amide bonds. The van der Waals surface area contributed by atoms with E-state index in [1.807, 2.05) is 0 Å². The van der Waals surface area contributed by atoms with Crippen LogP contribution in [0.15, 0.2) is 58.5 Å². The van der Waals surface area contributed by atoms with Gasteiger partial charge in [0, 0.05) is 30.8 Å². The smallest absolute Gasteiger partial charge is 0.272 e. The number of nitro benzene ring substituents is 1. The van der Waals surface area contributed by atoms with Gasteiger partial charge in [-0.2, -0.15) is 5.10 Å². The zero-order valence-corrected chi connectivity index (χ0v) is 18.3. The fourth-order valence-corrected chi connectivity index (χ4v) is 3.93. The lowest BCUT2D eigenvalue weighted by molar-refractivity contribution is -0.384. The molecule has 32 heavy (non-hydrogen) atoms. The quantitative estimate of drug-likeness (QED) is 0.311. The molecule has 0 aliphatic rings. The minimum absolute atomic E-state index is 0.137. The van der Waals surface area contributed by atoms with Crippen LogP contribution in [0, 0.1) is 10.1 Å². The van der Waals surface area contributed by atoms with Gasteiger partial charge in [0.1, 0.15) is 0 Å². The maximum atomic E-state index is 12.7. The number of likely N-dealkylation sites (N-methyl/N-ethyl adjacent to an activating group) is 1. The van der Waals surface area contributed by atoms with Crippen LogP contribution in [0.5, 0.6) is 0 Å². The molecular formula is C20H23N5O6S. The Morgan fingerprint density at radius 2 is 1.81 bits per heavy atom. The lowest BCUT2D eigenvalue weighted by Gasteiger charge is -2.19. The van der Waals surface area contributed by atoms with E-state index in [0.717, 1.165) is 0 Å². The lowest BCUT2D eigenvalue weighted by Crippen LogP contribution is -2.40. The maximum absolute atomic E-state index is 12.7. The molecule has 2 aromatic carbocycles. The highest BCUT2D eigenvalue weighted by Crippen LogP contribution is 2.15. The SMILES string of the molecule is CCN(CC)C(=O)CNS(=O)(=O)c1ccccc1C(=O)N/N=C/c1cccc([N+](=O)[O-])c1. The maximum Gasteiger partial charge on any atom is 0.272 e. The number of carbonyl (C=O) groups is 2. The van der Waals surface area contributed by atoms with Crippen LogP contribution in [-0.4, -0.2) is 55.9 Å². The van der Waals surface area contributed by atoms with Gasteiger partial charge in [0.25, 0.3) is 11.6 Å². The summed E-state index contributed by atoms with van der Waals surface area (Å²) >= 11 is 0. The van der Waals surface area contributed by atoms with Gasteiger partial charge in [-0.1, -0.05) is 24.3 Å². The van der Waals surface area contributed by atoms with Crippen LogP contribution >= 0.6 is 0 Å². The Morgan fingerprint density at radius 3 is 2.47 bits per heavy atom. The first-order chi connectivity index (χ1) is 15.2. The van der Waals surface area contributed by atoms with Crippen LogP contribution in [0.4, 0.5) is 5.69 Å². The molecule has 2 N–H and O–H groups in total. The van der Waals surface area contributed by atoms with Gasteiger partial charge in [0.15, 0.2) is 0 Å². The van der Waals surface area contributed by atoms with Crippen molar-refractivity contribution < 1.29 is 22.9 Å². The molecule has 0 spiro atoms. The number of amides is 2. The fourth-order valence-electron chi connectivity index (χ4n) is 2.76. The van der Waals surface area contributed by atoms with Crippen LogP contribution in [-0.2, 0) is 14.8 Å². The molecule has 0 aliphatic heterocycles. The van der Waals surface area contributed by atoms with Crippen molar-refractivity contribution in [1.29, 1.82) is 0 Å². The van der Waals surface area contributed by atoms with Gasteiger partial charge < -0.3 is 4.90 Å². The Bertz CT molecular complexity index is 1130. The number of hydrogen-bond acceptors (Lipinski definition) is 7. The Hall–Kier alpha value is -3.64. The molecular weight excluding hydrogens is 438 g/mol. The first kappa shape index (κ1) is 24.6. The zero-order chi connectivity index (χ0) is 23.7.